The molecule has 0 aliphatic carbocycles. The molecule has 2 aromatic rings. The SMILES string of the molecule is CNCc1cc(OC)ccc1-c1cc(C)cc(F)c1. The first-order valence-corrected chi connectivity index (χ1v) is 6.23. The van der Waals surface area contributed by atoms with Crippen molar-refractivity contribution in [2.45, 2.75) is 13.5 Å². The molecule has 3 heteroatoms. The van der Waals surface area contributed by atoms with Gasteiger partial charge in [-0.1, -0.05) is 12.1 Å². The lowest BCUT2D eigenvalue weighted by molar-refractivity contribution is 0.414. The summed E-state index contributed by atoms with van der Waals surface area (Å²) < 4.78 is 18.8. The molecule has 0 heterocycles. The predicted octanol–water partition coefficient (Wildman–Crippen LogP) is 3.53. The summed E-state index contributed by atoms with van der Waals surface area (Å²) >= 11 is 0. The minimum atomic E-state index is -0.207. The zero-order valence-electron chi connectivity index (χ0n) is 11.5. The third-order valence-electron chi connectivity index (χ3n) is 3.03. The molecule has 0 aliphatic heterocycles. The number of aryl methyl sites for hydroxylation is 1. The molecule has 0 aromatic heterocycles. The van der Waals surface area contributed by atoms with Crippen molar-refractivity contribution in [3.63, 3.8) is 0 Å². The molecule has 2 rings (SSSR count). The van der Waals surface area contributed by atoms with Crippen molar-refractivity contribution < 1.29 is 9.13 Å². The van der Waals surface area contributed by atoms with E-state index in [1.165, 1.54) is 6.07 Å². The molecule has 0 bridgehead atoms. The number of halogens is 1. The number of ether oxygens (including phenoxy) is 1. The summed E-state index contributed by atoms with van der Waals surface area (Å²) in [6.07, 6.45) is 0. The Hall–Kier alpha value is -1.87. The van der Waals surface area contributed by atoms with E-state index in [2.05, 4.69) is 5.32 Å². The maximum atomic E-state index is 13.5. The molecule has 0 unspecified atom stereocenters. The maximum Gasteiger partial charge on any atom is 0.124 e. The monoisotopic (exact) mass is 259 g/mol. The van der Waals surface area contributed by atoms with Crippen LogP contribution >= 0.6 is 0 Å². The van der Waals surface area contributed by atoms with E-state index in [9.17, 15) is 4.39 Å². The van der Waals surface area contributed by atoms with Crippen molar-refractivity contribution in [2.75, 3.05) is 14.2 Å². The van der Waals surface area contributed by atoms with Crippen LogP contribution in [0.25, 0.3) is 11.1 Å². The van der Waals surface area contributed by atoms with Gasteiger partial charge in [0.25, 0.3) is 0 Å². The van der Waals surface area contributed by atoms with E-state index in [-0.39, 0.29) is 5.82 Å². The van der Waals surface area contributed by atoms with Crippen LogP contribution in [0.15, 0.2) is 36.4 Å². The second-order valence-electron chi connectivity index (χ2n) is 4.57. The number of benzene rings is 2. The molecular weight excluding hydrogens is 241 g/mol. The van der Waals surface area contributed by atoms with Crippen molar-refractivity contribution in [3.05, 3.63) is 53.3 Å². The van der Waals surface area contributed by atoms with Gasteiger partial charge in [-0.15, -0.1) is 0 Å². The van der Waals surface area contributed by atoms with Crippen molar-refractivity contribution >= 4 is 0 Å². The molecule has 0 spiro atoms. The molecule has 0 fully saturated rings. The maximum absolute atomic E-state index is 13.5. The first-order chi connectivity index (χ1) is 9.13. The molecule has 0 aliphatic rings. The molecule has 100 valence electrons. The summed E-state index contributed by atoms with van der Waals surface area (Å²) in [4.78, 5) is 0. The van der Waals surface area contributed by atoms with Crippen LogP contribution < -0.4 is 10.1 Å². The Labute approximate surface area is 113 Å². The van der Waals surface area contributed by atoms with Crippen molar-refractivity contribution in [1.29, 1.82) is 0 Å². The van der Waals surface area contributed by atoms with Gasteiger partial charge >= 0.3 is 0 Å². The highest BCUT2D eigenvalue weighted by Gasteiger charge is 2.08. The highest BCUT2D eigenvalue weighted by Crippen LogP contribution is 2.28. The van der Waals surface area contributed by atoms with Gasteiger partial charge in [-0.05, 0) is 60.5 Å². The smallest absolute Gasteiger partial charge is 0.124 e. The van der Waals surface area contributed by atoms with Crippen LogP contribution in [-0.4, -0.2) is 14.2 Å². The first-order valence-electron chi connectivity index (χ1n) is 6.23. The van der Waals surface area contributed by atoms with Crippen LogP contribution in [0.1, 0.15) is 11.1 Å². The number of hydrogen-bond donors (Lipinski definition) is 1. The average molecular weight is 259 g/mol. The van der Waals surface area contributed by atoms with Gasteiger partial charge < -0.3 is 10.1 Å². The highest BCUT2D eigenvalue weighted by molar-refractivity contribution is 5.69. The van der Waals surface area contributed by atoms with Gasteiger partial charge in [-0.25, -0.2) is 4.39 Å². The fourth-order valence-corrected chi connectivity index (χ4v) is 2.21. The predicted molar refractivity (Wildman–Crippen MR) is 75.9 cm³/mol. The molecule has 0 saturated carbocycles. The summed E-state index contributed by atoms with van der Waals surface area (Å²) in [6, 6.07) is 10.9. The van der Waals surface area contributed by atoms with Crippen molar-refractivity contribution in [3.8, 4) is 16.9 Å². The van der Waals surface area contributed by atoms with E-state index in [0.29, 0.717) is 6.54 Å². The Bertz CT molecular complexity index is 561. The molecule has 19 heavy (non-hydrogen) atoms. The van der Waals surface area contributed by atoms with Gasteiger partial charge in [0.05, 0.1) is 7.11 Å². The first kappa shape index (κ1) is 13.6. The zero-order valence-corrected chi connectivity index (χ0v) is 11.5. The summed E-state index contributed by atoms with van der Waals surface area (Å²) in [6.45, 7) is 2.61. The van der Waals surface area contributed by atoms with Crippen LogP contribution in [0.5, 0.6) is 5.75 Å². The quantitative estimate of drug-likeness (QED) is 0.907. The lowest BCUT2D eigenvalue weighted by Gasteiger charge is -2.12. The summed E-state index contributed by atoms with van der Waals surface area (Å²) in [5, 5.41) is 3.13. The van der Waals surface area contributed by atoms with Gasteiger partial charge in [0.1, 0.15) is 11.6 Å². The standard InChI is InChI=1S/C16H18FNO/c1-11-6-12(8-14(17)7-11)16-5-4-15(19-3)9-13(16)10-18-2/h4-9,18H,10H2,1-3H3. The fraction of sp³-hybridized carbons (Fsp3) is 0.250. The molecular formula is C16H18FNO. The lowest BCUT2D eigenvalue weighted by atomic mass is 9.97. The van der Waals surface area contributed by atoms with E-state index < -0.39 is 0 Å². The van der Waals surface area contributed by atoms with Gasteiger partial charge in [0.2, 0.25) is 0 Å². The lowest BCUT2D eigenvalue weighted by Crippen LogP contribution is -2.06. The van der Waals surface area contributed by atoms with Crippen molar-refractivity contribution in [2.24, 2.45) is 0 Å². The minimum Gasteiger partial charge on any atom is -0.497 e. The van der Waals surface area contributed by atoms with Gasteiger partial charge in [-0.3, -0.25) is 0 Å². The fourth-order valence-electron chi connectivity index (χ4n) is 2.21. The molecule has 0 saturated heterocycles. The van der Waals surface area contributed by atoms with Gasteiger partial charge in [0.15, 0.2) is 0 Å². The Morgan fingerprint density at radius 2 is 1.95 bits per heavy atom. The Kier molecular flexibility index (Phi) is 4.17. The van der Waals surface area contributed by atoms with E-state index in [0.717, 1.165) is 28.0 Å². The highest BCUT2D eigenvalue weighted by atomic mass is 19.1. The summed E-state index contributed by atoms with van der Waals surface area (Å²) in [5.41, 5.74) is 3.93. The second kappa shape index (κ2) is 5.85. The normalized spacial score (nSPS) is 10.5. The Morgan fingerprint density at radius 3 is 2.58 bits per heavy atom. The summed E-state index contributed by atoms with van der Waals surface area (Å²) in [5.74, 6) is 0.600. The second-order valence-corrected chi connectivity index (χ2v) is 4.57. The molecule has 1 N–H and O–H groups in total. The van der Waals surface area contributed by atoms with Gasteiger partial charge in [0, 0.05) is 6.54 Å². The number of methoxy groups -OCH3 is 1. The molecule has 0 radical (unpaired) electrons. The molecule has 0 atom stereocenters. The Morgan fingerprint density at radius 1 is 1.16 bits per heavy atom. The molecule has 0 amide bonds. The number of nitrogens with one attached hydrogen (secondary N) is 1. The summed E-state index contributed by atoms with van der Waals surface area (Å²) in [7, 11) is 3.53. The van der Waals surface area contributed by atoms with Crippen LogP contribution in [0, 0.1) is 12.7 Å². The third kappa shape index (κ3) is 3.12. The number of rotatable bonds is 4. The third-order valence-corrected chi connectivity index (χ3v) is 3.03. The van der Waals surface area contributed by atoms with E-state index >= 15 is 0 Å². The van der Waals surface area contributed by atoms with Crippen LogP contribution in [-0.2, 0) is 6.54 Å². The molecule has 2 aromatic carbocycles. The Balaban J connectivity index is 2.53. The zero-order chi connectivity index (χ0) is 13.8. The van der Waals surface area contributed by atoms with Crippen LogP contribution in [0.4, 0.5) is 4.39 Å². The van der Waals surface area contributed by atoms with Crippen LogP contribution in [0.3, 0.4) is 0 Å². The average Bonchev–Trinajstić information content (AvgIpc) is 2.37. The topological polar surface area (TPSA) is 21.3 Å². The largest absolute Gasteiger partial charge is 0.497 e. The minimum absolute atomic E-state index is 0.207. The molecule has 2 nitrogen and oxygen atoms in total. The van der Waals surface area contributed by atoms with Gasteiger partial charge in [-0.2, -0.15) is 0 Å². The van der Waals surface area contributed by atoms with E-state index in [4.69, 9.17) is 4.74 Å². The van der Waals surface area contributed by atoms with E-state index in [1.807, 2.05) is 38.2 Å². The van der Waals surface area contributed by atoms with Crippen LogP contribution in [0.2, 0.25) is 0 Å². The number of hydrogen-bond acceptors (Lipinski definition) is 2. The van der Waals surface area contributed by atoms with Crippen molar-refractivity contribution in [1.82, 2.24) is 5.32 Å². The van der Waals surface area contributed by atoms with E-state index in [1.54, 1.807) is 13.2 Å².